The highest BCUT2D eigenvalue weighted by Crippen LogP contribution is 2.03. The number of aromatic nitrogens is 2. The number of anilines is 1. The number of aliphatic hydroxyl groups is 1. The molecule has 0 bridgehead atoms. The molecule has 0 aliphatic rings. The Bertz CT molecular complexity index is 197. The van der Waals surface area contributed by atoms with Crippen LogP contribution in [0.5, 0.6) is 0 Å². The van der Waals surface area contributed by atoms with Crippen molar-refractivity contribution in [2.45, 2.75) is 20.1 Å². The van der Waals surface area contributed by atoms with Crippen LogP contribution in [0.2, 0.25) is 0 Å². The fourth-order valence-corrected chi connectivity index (χ4v) is 0.876. The molecule has 0 spiro atoms. The summed E-state index contributed by atoms with van der Waals surface area (Å²) in [5.74, 6) is 1.09. The summed E-state index contributed by atoms with van der Waals surface area (Å²) < 4.78 is 1.81. The summed E-state index contributed by atoms with van der Waals surface area (Å²) in [5.41, 5.74) is 5.39. The van der Waals surface area contributed by atoms with Gasteiger partial charge in [-0.15, -0.1) is 0 Å². The number of rotatable bonds is 2. The highest BCUT2D eigenvalue weighted by Gasteiger charge is 2.00. The van der Waals surface area contributed by atoms with Crippen LogP contribution in [0.3, 0.4) is 0 Å². The van der Waals surface area contributed by atoms with Crippen molar-refractivity contribution >= 4 is 5.82 Å². The SMILES string of the molecule is CCn1cc(N)nc1CO. The molecule has 10 heavy (non-hydrogen) atoms. The largest absolute Gasteiger partial charge is 0.388 e. The van der Waals surface area contributed by atoms with Crippen molar-refractivity contribution in [2.75, 3.05) is 5.73 Å². The van der Waals surface area contributed by atoms with Gasteiger partial charge in [-0.2, -0.15) is 0 Å². The molecule has 0 amide bonds. The first kappa shape index (κ1) is 7.08. The van der Waals surface area contributed by atoms with Gasteiger partial charge in [0.25, 0.3) is 0 Å². The van der Waals surface area contributed by atoms with Crippen LogP contribution in [0.1, 0.15) is 12.7 Å². The number of aryl methyl sites for hydroxylation is 1. The Balaban J connectivity index is 2.96. The van der Waals surface area contributed by atoms with Crippen LogP contribution in [0.15, 0.2) is 6.20 Å². The van der Waals surface area contributed by atoms with Gasteiger partial charge in [0.1, 0.15) is 18.2 Å². The molecule has 1 aromatic heterocycles. The highest BCUT2D eigenvalue weighted by atomic mass is 16.3. The number of aliphatic hydroxyl groups excluding tert-OH is 1. The van der Waals surface area contributed by atoms with E-state index >= 15 is 0 Å². The van der Waals surface area contributed by atoms with Gasteiger partial charge in [0.05, 0.1) is 0 Å². The monoisotopic (exact) mass is 141 g/mol. The second-order valence-corrected chi connectivity index (χ2v) is 2.03. The van der Waals surface area contributed by atoms with Crippen molar-refractivity contribution in [1.82, 2.24) is 9.55 Å². The van der Waals surface area contributed by atoms with Crippen LogP contribution in [-0.2, 0) is 13.2 Å². The number of imidazole rings is 1. The Morgan fingerprint density at radius 2 is 2.50 bits per heavy atom. The summed E-state index contributed by atoms with van der Waals surface area (Å²) >= 11 is 0. The standard InChI is InChI=1S/C6H11N3O/c1-2-9-3-5(7)8-6(9)4-10/h3,10H,2,4,7H2,1H3. The molecule has 0 saturated carbocycles. The molecule has 4 nitrogen and oxygen atoms in total. The average Bonchev–Trinajstić information content (AvgIpc) is 2.30. The topological polar surface area (TPSA) is 64.1 Å². The zero-order chi connectivity index (χ0) is 7.56. The van der Waals surface area contributed by atoms with Gasteiger partial charge < -0.3 is 15.4 Å². The fraction of sp³-hybridized carbons (Fsp3) is 0.500. The summed E-state index contributed by atoms with van der Waals surface area (Å²) in [6.07, 6.45) is 1.71. The number of nitrogens with zero attached hydrogens (tertiary/aromatic N) is 2. The van der Waals surface area contributed by atoms with Gasteiger partial charge in [-0.25, -0.2) is 4.98 Å². The molecule has 0 aromatic carbocycles. The molecule has 0 aliphatic carbocycles. The van der Waals surface area contributed by atoms with Crippen LogP contribution >= 0.6 is 0 Å². The molecule has 56 valence electrons. The summed E-state index contributed by atoms with van der Waals surface area (Å²) in [6, 6.07) is 0. The van der Waals surface area contributed by atoms with Crippen molar-refractivity contribution < 1.29 is 5.11 Å². The van der Waals surface area contributed by atoms with Crippen LogP contribution in [0.25, 0.3) is 0 Å². The summed E-state index contributed by atoms with van der Waals surface area (Å²) in [5, 5.41) is 8.72. The summed E-state index contributed by atoms with van der Waals surface area (Å²) in [7, 11) is 0. The zero-order valence-electron chi connectivity index (χ0n) is 5.91. The lowest BCUT2D eigenvalue weighted by Crippen LogP contribution is -1.99. The maximum atomic E-state index is 8.72. The van der Waals surface area contributed by atoms with E-state index < -0.39 is 0 Å². The van der Waals surface area contributed by atoms with Crippen molar-refractivity contribution in [3.8, 4) is 0 Å². The van der Waals surface area contributed by atoms with E-state index in [-0.39, 0.29) is 6.61 Å². The maximum Gasteiger partial charge on any atom is 0.142 e. The Morgan fingerprint density at radius 1 is 1.80 bits per heavy atom. The average molecular weight is 141 g/mol. The molecule has 1 aromatic rings. The molecule has 0 atom stereocenters. The van der Waals surface area contributed by atoms with E-state index in [9.17, 15) is 0 Å². The Kier molecular flexibility index (Phi) is 1.91. The summed E-state index contributed by atoms with van der Waals surface area (Å²) in [4.78, 5) is 3.89. The first-order valence-corrected chi connectivity index (χ1v) is 3.20. The van der Waals surface area contributed by atoms with E-state index in [0.29, 0.717) is 11.6 Å². The molecular weight excluding hydrogens is 130 g/mol. The van der Waals surface area contributed by atoms with Gasteiger partial charge >= 0.3 is 0 Å². The zero-order valence-corrected chi connectivity index (χ0v) is 5.91. The molecule has 0 radical (unpaired) electrons. The van der Waals surface area contributed by atoms with Crippen LogP contribution < -0.4 is 5.73 Å². The molecular formula is C6H11N3O. The van der Waals surface area contributed by atoms with Gasteiger partial charge in [-0.1, -0.05) is 0 Å². The predicted molar refractivity (Wildman–Crippen MR) is 38.2 cm³/mol. The number of hydrogen-bond acceptors (Lipinski definition) is 3. The van der Waals surface area contributed by atoms with E-state index in [1.807, 2.05) is 11.5 Å². The fourth-order valence-electron chi connectivity index (χ4n) is 0.876. The van der Waals surface area contributed by atoms with Gasteiger partial charge in [-0.3, -0.25) is 0 Å². The van der Waals surface area contributed by atoms with E-state index in [0.717, 1.165) is 6.54 Å². The Labute approximate surface area is 59.3 Å². The van der Waals surface area contributed by atoms with Gasteiger partial charge in [0.2, 0.25) is 0 Å². The minimum absolute atomic E-state index is 0.0506. The lowest BCUT2D eigenvalue weighted by atomic mass is 10.6. The summed E-state index contributed by atoms with van der Waals surface area (Å²) in [6.45, 7) is 2.71. The van der Waals surface area contributed by atoms with Gasteiger partial charge in [-0.05, 0) is 6.92 Å². The predicted octanol–water partition coefficient (Wildman–Crippen LogP) is -0.0225. The Morgan fingerprint density at radius 3 is 2.90 bits per heavy atom. The third-order valence-electron chi connectivity index (χ3n) is 1.36. The van der Waals surface area contributed by atoms with E-state index in [4.69, 9.17) is 10.8 Å². The van der Waals surface area contributed by atoms with Crippen molar-refractivity contribution in [2.24, 2.45) is 0 Å². The molecule has 0 fully saturated rings. The van der Waals surface area contributed by atoms with Crippen molar-refractivity contribution in [3.05, 3.63) is 12.0 Å². The molecule has 3 N–H and O–H groups in total. The Hall–Kier alpha value is -1.03. The lowest BCUT2D eigenvalue weighted by Gasteiger charge is -1.98. The third kappa shape index (κ3) is 1.11. The third-order valence-corrected chi connectivity index (χ3v) is 1.36. The molecule has 0 unspecified atom stereocenters. The minimum Gasteiger partial charge on any atom is -0.388 e. The molecule has 4 heteroatoms. The van der Waals surface area contributed by atoms with Crippen LogP contribution in [0, 0.1) is 0 Å². The van der Waals surface area contributed by atoms with Gasteiger partial charge in [0.15, 0.2) is 0 Å². The maximum absolute atomic E-state index is 8.72. The van der Waals surface area contributed by atoms with Crippen molar-refractivity contribution in [3.63, 3.8) is 0 Å². The number of nitrogen functional groups attached to an aromatic ring is 1. The van der Waals surface area contributed by atoms with Crippen LogP contribution in [0.4, 0.5) is 5.82 Å². The van der Waals surface area contributed by atoms with Crippen molar-refractivity contribution in [1.29, 1.82) is 0 Å². The molecule has 1 rings (SSSR count). The molecule has 0 aliphatic heterocycles. The lowest BCUT2D eigenvalue weighted by molar-refractivity contribution is 0.265. The van der Waals surface area contributed by atoms with Gasteiger partial charge in [0, 0.05) is 12.7 Å². The normalized spacial score (nSPS) is 10.2. The first-order chi connectivity index (χ1) is 4.77. The smallest absolute Gasteiger partial charge is 0.142 e. The highest BCUT2D eigenvalue weighted by molar-refractivity contribution is 5.25. The molecule has 0 saturated heterocycles. The molecule has 1 heterocycles. The first-order valence-electron chi connectivity index (χ1n) is 3.20. The number of hydrogen-bond donors (Lipinski definition) is 2. The van der Waals surface area contributed by atoms with E-state index in [2.05, 4.69) is 4.98 Å². The van der Waals surface area contributed by atoms with E-state index in [1.165, 1.54) is 0 Å². The second kappa shape index (κ2) is 2.70. The van der Waals surface area contributed by atoms with Crippen LogP contribution in [-0.4, -0.2) is 14.7 Å². The number of nitrogens with two attached hydrogens (primary N) is 1. The minimum atomic E-state index is -0.0506. The van der Waals surface area contributed by atoms with E-state index in [1.54, 1.807) is 6.20 Å². The second-order valence-electron chi connectivity index (χ2n) is 2.03. The quantitative estimate of drug-likeness (QED) is 0.608.